The third kappa shape index (κ3) is 6.62. The van der Waals surface area contributed by atoms with Gasteiger partial charge in [0.1, 0.15) is 6.61 Å². The van der Waals surface area contributed by atoms with Crippen molar-refractivity contribution in [1.82, 2.24) is 4.90 Å². The molecule has 19 heavy (non-hydrogen) atoms. The molecule has 0 saturated carbocycles. The van der Waals surface area contributed by atoms with Crippen molar-refractivity contribution < 1.29 is 18.3 Å². The van der Waals surface area contributed by atoms with E-state index in [0.717, 1.165) is 9.75 Å². The topological polar surface area (TPSA) is 23.5 Å². The Morgan fingerprint density at radius 2 is 2.11 bits per heavy atom. The van der Waals surface area contributed by atoms with Gasteiger partial charge in [0.05, 0.1) is 11.4 Å². The summed E-state index contributed by atoms with van der Waals surface area (Å²) >= 11 is 1.36. The molecule has 0 saturated heterocycles. The zero-order valence-electron chi connectivity index (χ0n) is 10.6. The fourth-order valence-corrected chi connectivity index (χ4v) is 2.59. The van der Waals surface area contributed by atoms with Crippen molar-refractivity contribution in [3.63, 3.8) is 0 Å². The number of thiophene rings is 1. The van der Waals surface area contributed by atoms with Crippen LogP contribution in [0.4, 0.5) is 13.2 Å². The molecule has 0 amide bonds. The molecule has 6 heteroatoms. The number of aliphatic hydroxyl groups excluding tert-OH is 1. The summed E-state index contributed by atoms with van der Waals surface area (Å²) in [6.45, 7) is 1.43. The summed E-state index contributed by atoms with van der Waals surface area (Å²) in [4.78, 5) is 2.99. The molecular formula is C13H16F3NOS. The Kier molecular flexibility index (Phi) is 6.35. The first-order chi connectivity index (χ1) is 8.94. The monoisotopic (exact) mass is 291 g/mol. The van der Waals surface area contributed by atoms with Crippen molar-refractivity contribution in [3.8, 4) is 11.8 Å². The van der Waals surface area contributed by atoms with E-state index in [2.05, 4.69) is 11.8 Å². The molecule has 1 aromatic heterocycles. The van der Waals surface area contributed by atoms with Crippen LogP contribution in [0.1, 0.15) is 23.1 Å². The molecular weight excluding hydrogens is 275 g/mol. The SMILES string of the molecule is CCCN(Cc1ccc(C#CCO)s1)CC(F)(F)F. The van der Waals surface area contributed by atoms with Crippen LogP contribution in [0.15, 0.2) is 12.1 Å². The summed E-state index contributed by atoms with van der Waals surface area (Å²) in [6.07, 6.45) is -3.50. The maximum absolute atomic E-state index is 12.4. The van der Waals surface area contributed by atoms with Gasteiger partial charge in [-0.1, -0.05) is 18.8 Å². The lowest BCUT2D eigenvalue weighted by Gasteiger charge is -2.22. The molecule has 1 rings (SSSR count). The van der Waals surface area contributed by atoms with Gasteiger partial charge in [0, 0.05) is 11.4 Å². The van der Waals surface area contributed by atoms with Crippen LogP contribution in [0.2, 0.25) is 0 Å². The molecule has 0 aliphatic heterocycles. The number of aliphatic hydroxyl groups is 1. The molecule has 1 heterocycles. The number of nitrogens with zero attached hydrogens (tertiary/aromatic N) is 1. The highest BCUT2D eigenvalue weighted by Crippen LogP contribution is 2.21. The molecule has 1 N–H and O–H groups in total. The van der Waals surface area contributed by atoms with E-state index in [9.17, 15) is 13.2 Å². The average Bonchev–Trinajstić information content (AvgIpc) is 2.72. The van der Waals surface area contributed by atoms with Crippen molar-refractivity contribution in [2.24, 2.45) is 0 Å². The van der Waals surface area contributed by atoms with Gasteiger partial charge >= 0.3 is 6.18 Å². The van der Waals surface area contributed by atoms with Gasteiger partial charge in [0.2, 0.25) is 0 Å². The fraction of sp³-hybridized carbons (Fsp3) is 0.538. The number of hydrogen-bond acceptors (Lipinski definition) is 3. The predicted octanol–water partition coefficient (Wildman–Crippen LogP) is 2.87. The molecule has 0 aliphatic carbocycles. The molecule has 1 aromatic rings. The van der Waals surface area contributed by atoms with Crippen molar-refractivity contribution in [2.75, 3.05) is 19.7 Å². The summed E-state index contributed by atoms with van der Waals surface area (Å²) in [7, 11) is 0. The highest BCUT2D eigenvalue weighted by molar-refractivity contribution is 7.12. The molecule has 0 spiro atoms. The number of hydrogen-bond donors (Lipinski definition) is 1. The first-order valence-corrected chi connectivity index (χ1v) is 6.74. The second-order valence-electron chi connectivity index (χ2n) is 4.05. The minimum Gasteiger partial charge on any atom is -0.384 e. The van der Waals surface area contributed by atoms with Crippen LogP contribution in [0.3, 0.4) is 0 Å². The smallest absolute Gasteiger partial charge is 0.384 e. The molecule has 0 bridgehead atoms. The number of rotatable bonds is 5. The van der Waals surface area contributed by atoms with Crippen LogP contribution < -0.4 is 0 Å². The summed E-state index contributed by atoms with van der Waals surface area (Å²) in [6, 6.07) is 3.55. The van der Waals surface area contributed by atoms with Crippen LogP contribution in [-0.2, 0) is 6.54 Å². The molecule has 2 nitrogen and oxygen atoms in total. The Hall–Kier alpha value is -1.03. The summed E-state index contributed by atoms with van der Waals surface area (Å²) < 4.78 is 37.2. The van der Waals surface area contributed by atoms with Crippen molar-refractivity contribution in [2.45, 2.75) is 26.1 Å². The van der Waals surface area contributed by atoms with E-state index >= 15 is 0 Å². The minimum absolute atomic E-state index is 0.219. The van der Waals surface area contributed by atoms with Crippen LogP contribution in [0.25, 0.3) is 0 Å². The van der Waals surface area contributed by atoms with E-state index < -0.39 is 12.7 Å². The van der Waals surface area contributed by atoms with Gasteiger partial charge in [0.25, 0.3) is 0 Å². The van der Waals surface area contributed by atoms with E-state index in [0.29, 0.717) is 13.0 Å². The lowest BCUT2D eigenvalue weighted by Crippen LogP contribution is -2.34. The lowest BCUT2D eigenvalue weighted by atomic mass is 10.3. The van der Waals surface area contributed by atoms with E-state index in [1.807, 2.05) is 6.92 Å². The highest BCUT2D eigenvalue weighted by Gasteiger charge is 2.30. The molecule has 0 aliphatic rings. The van der Waals surface area contributed by atoms with E-state index in [4.69, 9.17) is 5.11 Å². The third-order valence-electron chi connectivity index (χ3n) is 2.27. The summed E-state index contributed by atoms with van der Waals surface area (Å²) in [5, 5.41) is 8.58. The average molecular weight is 291 g/mol. The summed E-state index contributed by atoms with van der Waals surface area (Å²) in [5.74, 6) is 5.26. The Balaban J connectivity index is 2.65. The fourth-order valence-electron chi connectivity index (χ4n) is 1.66. The largest absolute Gasteiger partial charge is 0.401 e. The number of halogens is 3. The van der Waals surface area contributed by atoms with E-state index in [1.165, 1.54) is 16.2 Å². The van der Waals surface area contributed by atoms with Gasteiger partial charge in [-0.05, 0) is 25.1 Å². The molecule has 0 unspecified atom stereocenters. The number of alkyl halides is 3. The second-order valence-corrected chi connectivity index (χ2v) is 5.22. The molecule has 0 radical (unpaired) electrons. The van der Waals surface area contributed by atoms with Gasteiger partial charge < -0.3 is 5.11 Å². The maximum Gasteiger partial charge on any atom is 0.401 e. The standard InChI is InChI=1S/C13H16F3NOS/c1-2-7-17(10-13(14,15)16)9-12-6-5-11(19-12)4-3-8-18/h5-6,18H,2,7-10H2,1H3. The van der Waals surface area contributed by atoms with Crippen molar-refractivity contribution in [1.29, 1.82) is 0 Å². The van der Waals surface area contributed by atoms with Gasteiger partial charge in [0.15, 0.2) is 0 Å². The van der Waals surface area contributed by atoms with E-state index in [-0.39, 0.29) is 13.2 Å². The summed E-state index contributed by atoms with van der Waals surface area (Å²) in [5.41, 5.74) is 0. The van der Waals surface area contributed by atoms with Crippen LogP contribution in [0, 0.1) is 11.8 Å². The Labute approximate surface area is 114 Å². The van der Waals surface area contributed by atoms with Crippen LogP contribution >= 0.6 is 11.3 Å². The second kappa shape index (κ2) is 7.53. The quantitative estimate of drug-likeness (QED) is 0.843. The first-order valence-electron chi connectivity index (χ1n) is 5.92. The van der Waals surface area contributed by atoms with Crippen molar-refractivity contribution in [3.05, 3.63) is 21.9 Å². The minimum atomic E-state index is -4.17. The highest BCUT2D eigenvalue weighted by atomic mass is 32.1. The zero-order chi connectivity index (χ0) is 14.3. The predicted molar refractivity (Wildman–Crippen MR) is 69.9 cm³/mol. The first kappa shape index (κ1) is 16.0. The van der Waals surface area contributed by atoms with Gasteiger partial charge in [-0.3, -0.25) is 4.90 Å². The normalized spacial score (nSPS) is 11.5. The van der Waals surface area contributed by atoms with Crippen molar-refractivity contribution >= 4 is 11.3 Å². The molecule has 0 aromatic carbocycles. The molecule has 106 valence electrons. The van der Waals surface area contributed by atoms with Gasteiger partial charge in [-0.2, -0.15) is 13.2 Å². The Morgan fingerprint density at radius 1 is 1.37 bits per heavy atom. The van der Waals surface area contributed by atoms with Gasteiger partial charge in [-0.15, -0.1) is 11.3 Å². The molecule has 0 fully saturated rings. The van der Waals surface area contributed by atoms with Crippen LogP contribution in [-0.4, -0.2) is 35.9 Å². The van der Waals surface area contributed by atoms with Gasteiger partial charge in [-0.25, -0.2) is 0 Å². The third-order valence-corrected chi connectivity index (χ3v) is 3.26. The zero-order valence-corrected chi connectivity index (χ0v) is 11.4. The van der Waals surface area contributed by atoms with Crippen LogP contribution in [0.5, 0.6) is 0 Å². The molecule has 0 atom stereocenters. The maximum atomic E-state index is 12.4. The lowest BCUT2D eigenvalue weighted by molar-refractivity contribution is -0.147. The van der Waals surface area contributed by atoms with E-state index in [1.54, 1.807) is 12.1 Å². The Bertz CT molecular complexity index is 445. The Morgan fingerprint density at radius 3 is 2.68 bits per heavy atom.